The third kappa shape index (κ3) is 2.94. The number of rotatable bonds is 4. The highest BCUT2D eigenvalue weighted by atomic mass is 32.2. The predicted octanol–water partition coefficient (Wildman–Crippen LogP) is 0.764. The van der Waals surface area contributed by atoms with Crippen molar-refractivity contribution < 1.29 is 8.42 Å². The molecule has 2 aromatic rings. The minimum atomic E-state index is -3.41. The fourth-order valence-corrected chi connectivity index (χ4v) is 2.64. The van der Waals surface area contributed by atoms with E-state index in [1.54, 1.807) is 35.3 Å². The quantitative estimate of drug-likeness (QED) is 0.896. The van der Waals surface area contributed by atoms with Crippen LogP contribution in [0.5, 0.6) is 0 Å². The fourth-order valence-electron chi connectivity index (χ4n) is 1.67. The molecule has 0 radical (unpaired) electrons. The highest BCUT2D eigenvalue weighted by molar-refractivity contribution is 7.89. The maximum absolute atomic E-state index is 12.0. The zero-order chi connectivity index (χ0) is 14.0. The molecule has 102 valence electrons. The Morgan fingerprint density at radius 1 is 1.37 bits per heavy atom. The van der Waals surface area contributed by atoms with Crippen molar-refractivity contribution in [2.24, 2.45) is 0 Å². The number of nitrogens with zero attached hydrogens (tertiary/aromatic N) is 3. The van der Waals surface area contributed by atoms with Crippen LogP contribution in [-0.4, -0.2) is 36.6 Å². The minimum Gasteiger partial charge on any atom is -0.396 e. The Kier molecular flexibility index (Phi) is 3.59. The molecule has 0 atom stereocenters. The van der Waals surface area contributed by atoms with E-state index >= 15 is 0 Å². The van der Waals surface area contributed by atoms with Crippen LogP contribution in [-0.2, 0) is 16.6 Å². The second kappa shape index (κ2) is 5.02. The summed E-state index contributed by atoms with van der Waals surface area (Å²) in [5.41, 5.74) is 7.02. The van der Waals surface area contributed by atoms with Crippen molar-refractivity contribution in [3.8, 4) is 0 Å². The number of sulfonamides is 1. The molecule has 1 aromatic heterocycles. The van der Waals surface area contributed by atoms with Gasteiger partial charge in [0.05, 0.1) is 23.3 Å². The van der Waals surface area contributed by atoms with Gasteiger partial charge in [-0.25, -0.2) is 12.7 Å². The van der Waals surface area contributed by atoms with Gasteiger partial charge in [-0.3, -0.25) is 4.68 Å². The van der Waals surface area contributed by atoms with Crippen LogP contribution in [0.2, 0.25) is 0 Å². The van der Waals surface area contributed by atoms with Crippen molar-refractivity contribution >= 4 is 15.7 Å². The van der Waals surface area contributed by atoms with Crippen LogP contribution in [0.1, 0.15) is 5.56 Å². The van der Waals surface area contributed by atoms with Gasteiger partial charge < -0.3 is 5.73 Å². The molecule has 1 heterocycles. The lowest BCUT2D eigenvalue weighted by molar-refractivity contribution is 0.520. The molecule has 0 aliphatic rings. The lowest BCUT2D eigenvalue weighted by Gasteiger charge is -2.12. The van der Waals surface area contributed by atoms with Gasteiger partial charge in [0.15, 0.2) is 0 Å². The maximum Gasteiger partial charge on any atom is 0.242 e. The number of benzene rings is 1. The van der Waals surface area contributed by atoms with Gasteiger partial charge in [-0.1, -0.05) is 12.1 Å². The Hall–Kier alpha value is -1.86. The highest BCUT2D eigenvalue weighted by Gasteiger charge is 2.17. The lowest BCUT2D eigenvalue weighted by atomic mass is 10.2. The van der Waals surface area contributed by atoms with Gasteiger partial charge in [-0.15, -0.1) is 0 Å². The first kappa shape index (κ1) is 13.6. The molecular formula is C12H16N4O2S. The van der Waals surface area contributed by atoms with Crippen LogP contribution in [0.3, 0.4) is 0 Å². The molecule has 0 bridgehead atoms. The lowest BCUT2D eigenvalue weighted by Crippen LogP contribution is -2.22. The summed E-state index contributed by atoms with van der Waals surface area (Å²) in [6.07, 6.45) is 3.26. The number of nitrogen functional groups attached to an aromatic ring is 1. The largest absolute Gasteiger partial charge is 0.396 e. The van der Waals surface area contributed by atoms with Crippen LogP contribution in [0.25, 0.3) is 0 Å². The molecule has 0 unspecified atom stereocenters. The summed E-state index contributed by atoms with van der Waals surface area (Å²) < 4.78 is 26.9. The molecule has 0 amide bonds. The average molecular weight is 280 g/mol. The number of hydrogen-bond donors (Lipinski definition) is 1. The number of nitrogens with two attached hydrogens (primary N) is 1. The fraction of sp³-hybridized carbons (Fsp3) is 0.250. The first-order valence-corrected chi connectivity index (χ1v) is 7.13. The summed E-state index contributed by atoms with van der Waals surface area (Å²) in [7, 11) is -0.387. The molecule has 0 spiro atoms. The number of hydrogen-bond acceptors (Lipinski definition) is 4. The molecule has 6 nitrogen and oxygen atoms in total. The van der Waals surface area contributed by atoms with Crippen molar-refractivity contribution in [1.29, 1.82) is 0 Å². The summed E-state index contributed by atoms with van der Waals surface area (Å²) in [6.45, 7) is 0.480. The summed E-state index contributed by atoms with van der Waals surface area (Å²) in [6, 6.07) is 6.80. The van der Waals surface area contributed by atoms with E-state index in [9.17, 15) is 8.42 Å². The number of aromatic nitrogens is 2. The third-order valence-electron chi connectivity index (χ3n) is 2.67. The van der Waals surface area contributed by atoms with Gasteiger partial charge in [0.25, 0.3) is 0 Å². The maximum atomic E-state index is 12.0. The molecule has 0 aliphatic heterocycles. The SMILES string of the molecule is CN(C)S(=O)(=O)c1cccc(Cn2cc(N)cn2)c1. The van der Waals surface area contributed by atoms with Gasteiger partial charge in [-0.2, -0.15) is 5.10 Å². The van der Waals surface area contributed by atoms with Crippen LogP contribution in [0.4, 0.5) is 5.69 Å². The van der Waals surface area contributed by atoms with E-state index in [-0.39, 0.29) is 4.90 Å². The van der Waals surface area contributed by atoms with E-state index in [1.165, 1.54) is 18.4 Å². The van der Waals surface area contributed by atoms with Gasteiger partial charge >= 0.3 is 0 Å². The molecule has 0 saturated heterocycles. The first-order valence-electron chi connectivity index (χ1n) is 5.69. The molecule has 2 rings (SSSR count). The Balaban J connectivity index is 2.30. The van der Waals surface area contributed by atoms with Crippen LogP contribution in [0, 0.1) is 0 Å². The molecule has 0 saturated carbocycles. The van der Waals surface area contributed by atoms with Gasteiger partial charge in [0, 0.05) is 20.3 Å². The van der Waals surface area contributed by atoms with Crippen molar-refractivity contribution in [1.82, 2.24) is 14.1 Å². The minimum absolute atomic E-state index is 0.273. The Labute approximate surface area is 112 Å². The first-order chi connectivity index (χ1) is 8.89. The third-order valence-corrected chi connectivity index (χ3v) is 4.49. The second-order valence-electron chi connectivity index (χ2n) is 4.41. The Morgan fingerprint density at radius 2 is 2.11 bits per heavy atom. The highest BCUT2D eigenvalue weighted by Crippen LogP contribution is 2.15. The summed E-state index contributed by atoms with van der Waals surface area (Å²) >= 11 is 0. The summed E-state index contributed by atoms with van der Waals surface area (Å²) in [5, 5.41) is 4.07. The molecule has 0 aliphatic carbocycles. The van der Waals surface area contributed by atoms with Crippen molar-refractivity contribution in [2.75, 3.05) is 19.8 Å². The molecule has 1 aromatic carbocycles. The van der Waals surface area contributed by atoms with Crippen LogP contribution < -0.4 is 5.73 Å². The van der Waals surface area contributed by atoms with Crippen molar-refractivity contribution in [3.63, 3.8) is 0 Å². The van der Waals surface area contributed by atoms with Gasteiger partial charge in [-0.05, 0) is 17.7 Å². The number of anilines is 1. The van der Waals surface area contributed by atoms with Gasteiger partial charge in [0.1, 0.15) is 0 Å². The Morgan fingerprint density at radius 3 is 2.68 bits per heavy atom. The normalized spacial score (nSPS) is 11.9. The van der Waals surface area contributed by atoms with Gasteiger partial charge in [0.2, 0.25) is 10.0 Å². The van der Waals surface area contributed by atoms with E-state index in [1.807, 2.05) is 6.07 Å². The smallest absolute Gasteiger partial charge is 0.242 e. The Bertz CT molecular complexity index is 677. The van der Waals surface area contributed by atoms with E-state index in [2.05, 4.69) is 5.10 Å². The molecule has 19 heavy (non-hydrogen) atoms. The molecule has 0 fully saturated rings. The molecular weight excluding hydrogens is 264 g/mol. The zero-order valence-electron chi connectivity index (χ0n) is 10.8. The monoisotopic (exact) mass is 280 g/mol. The summed E-state index contributed by atoms with van der Waals surface area (Å²) in [5.74, 6) is 0. The van der Waals surface area contributed by atoms with Crippen molar-refractivity contribution in [3.05, 3.63) is 42.2 Å². The zero-order valence-corrected chi connectivity index (χ0v) is 11.6. The van der Waals surface area contributed by atoms with E-state index < -0.39 is 10.0 Å². The topological polar surface area (TPSA) is 81.2 Å². The molecule has 7 heteroatoms. The van der Waals surface area contributed by atoms with E-state index in [4.69, 9.17) is 5.73 Å². The predicted molar refractivity (Wildman–Crippen MR) is 73.1 cm³/mol. The molecule has 2 N–H and O–H groups in total. The van der Waals surface area contributed by atoms with E-state index in [0.717, 1.165) is 5.56 Å². The summed E-state index contributed by atoms with van der Waals surface area (Å²) in [4.78, 5) is 0.273. The standard InChI is InChI=1S/C12H16N4O2S/c1-15(2)19(17,18)12-5-3-4-10(6-12)8-16-9-11(13)7-14-16/h3-7,9H,8,13H2,1-2H3. The van der Waals surface area contributed by atoms with Crippen molar-refractivity contribution in [2.45, 2.75) is 11.4 Å². The van der Waals surface area contributed by atoms with E-state index in [0.29, 0.717) is 12.2 Å². The second-order valence-corrected chi connectivity index (χ2v) is 6.56. The van der Waals surface area contributed by atoms with Crippen LogP contribution in [0.15, 0.2) is 41.6 Å². The average Bonchev–Trinajstić information content (AvgIpc) is 2.75. The van der Waals surface area contributed by atoms with Crippen LogP contribution >= 0.6 is 0 Å².